The third-order valence-corrected chi connectivity index (χ3v) is 1.95. The number of allylic oxidation sites excluding steroid dienone is 1. The van der Waals surface area contributed by atoms with Crippen molar-refractivity contribution in [1.29, 1.82) is 0 Å². The Labute approximate surface area is 66.9 Å². The molecule has 0 atom stereocenters. The first-order valence-corrected chi connectivity index (χ1v) is 3.74. The molecule has 0 heteroatoms. The topological polar surface area (TPSA) is 0 Å². The van der Waals surface area contributed by atoms with Crippen molar-refractivity contribution in [3.05, 3.63) is 53.6 Å². The highest BCUT2D eigenvalue weighted by Crippen LogP contribution is 2.18. The SMILES string of the molecule is C=Cc1ccc2c(c1)[C]=CC2. The molecule has 1 aliphatic rings. The molecular formula is C11H9. The first kappa shape index (κ1) is 6.41. The van der Waals surface area contributed by atoms with Gasteiger partial charge in [-0.05, 0) is 35.3 Å². The molecule has 1 aromatic rings. The van der Waals surface area contributed by atoms with Gasteiger partial charge in [0.15, 0.2) is 0 Å². The van der Waals surface area contributed by atoms with E-state index in [2.05, 4.69) is 36.9 Å². The van der Waals surface area contributed by atoms with Gasteiger partial charge in [0.25, 0.3) is 0 Å². The molecule has 0 heterocycles. The quantitative estimate of drug-likeness (QED) is 0.564. The predicted molar refractivity (Wildman–Crippen MR) is 47.2 cm³/mol. The average Bonchev–Trinajstić information content (AvgIpc) is 2.50. The van der Waals surface area contributed by atoms with Gasteiger partial charge >= 0.3 is 0 Å². The van der Waals surface area contributed by atoms with Crippen LogP contribution >= 0.6 is 0 Å². The summed E-state index contributed by atoms with van der Waals surface area (Å²) in [6.07, 6.45) is 8.16. The van der Waals surface area contributed by atoms with E-state index in [9.17, 15) is 0 Å². The summed E-state index contributed by atoms with van der Waals surface area (Å²) in [6, 6.07) is 6.35. The van der Waals surface area contributed by atoms with Crippen molar-refractivity contribution < 1.29 is 0 Å². The molecule has 0 saturated heterocycles. The Morgan fingerprint density at radius 2 is 2.36 bits per heavy atom. The zero-order valence-corrected chi connectivity index (χ0v) is 6.30. The maximum absolute atomic E-state index is 3.72. The fraction of sp³-hybridized carbons (Fsp3) is 0.0909. The highest BCUT2D eigenvalue weighted by Gasteiger charge is 2.03. The molecule has 1 aliphatic carbocycles. The molecule has 53 valence electrons. The van der Waals surface area contributed by atoms with Gasteiger partial charge in [-0.2, -0.15) is 0 Å². The second kappa shape index (κ2) is 2.39. The van der Waals surface area contributed by atoms with Crippen molar-refractivity contribution in [3.63, 3.8) is 0 Å². The van der Waals surface area contributed by atoms with Crippen LogP contribution in [0.5, 0.6) is 0 Å². The minimum Gasteiger partial charge on any atom is -0.0985 e. The molecule has 1 radical (unpaired) electrons. The molecule has 0 nitrogen and oxygen atoms in total. The lowest BCUT2D eigenvalue weighted by molar-refractivity contribution is 1.31. The van der Waals surface area contributed by atoms with E-state index in [-0.39, 0.29) is 0 Å². The van der Waals surface area contributed by atoms with Gasteiger partial charge in [0.05, 0.1) is 0 Å². The van der Waals surface area contributed by atoms with Crippen molar-refractivity contribution >= 4 is 6.08 Å². The summed E-state index contributed by atoms with van der Waals surface area (Å²) in [5, 5.41) is 0. The summed E-state index contributed by atoms with van der Waals surface area (Å²) in [5.74, 6) is 0. The lowest BCUT2D eigenvalue weighted by atomic mass is 10.1. The second-order valence-corrected chi connectivity index (χ2v) is 2.67. The number of fused-ring (bicyclic) bond motifs is 1. The summed E-state index contributed by atoms with van der Waals surface area (Å²) in [7, 11) is 0. The summed E-state index contributed by atoms with van der Waals surface area (Å²) in [4.78, 5) is 0. The number of hydrogen-bond acceptors (Lipinski definition) is 0. The van der Waals surface area contributed by atoms with E-state index in [1.165, 1.54) is 16.7 Å². The molecule has 0 fully saturated rings. The van der Waals surface area contributed by atoms with Crippen LogP contribution in [0.3, 0.4) is 0 Å². The molecular weight excluding hydrogens is 132 g/mol. The monoisotopic (exact) mass is 141 g/mol. The van der Waals surface area contributed by atoms with E-state index in [0.717, 1.165) is 6.42 Å². The number of rotatable bonds is 1. The Morgan fingerprint density at radius 3 is 3.18 bits per heavy atom. The molecule has 0 saturated carbocycles. The first-order valence-electron chi connectivity index (χ1n) is 3.74. The van der Waals surface area contributed by atoms with Crippen molar-refractivity contribution in [2.75, 3.05) is 0 Å². The Balaban J connectivity index is 2.55. The molecule has 0 unspecified atom stereocenters. The van der Waals surface area contributed by atoms with Gasteiger partial charge in [-0.3, -0.25) is 0 Å². The van der Waals surface area contributed by atoms with Crippen LogP contribution in [0.2, 0.25) is 0 Å². The molecule has 0 amide bonds. The Hall–Kier alpha value is -1.30. The van der Waals surface area contributed by atoms with E-state index in [1.807, 2.05) is 6.08 Å². The van der Waals surface area contributed by atoms with Gasteiger partial charge in [-0.1, -0.05) is 30.9 Å². The predicted octanol–water partition coefficient (Wildman–Crippen LogP) is 2.59. The summed E-state index contributed by atoms with van der Waals surface area (Å²) in [6.45, 7) is 3.72. The van der Waals surface area contributed by atoms with Gasteiger partial charge < -0.3 is 0 Å². The highest BCUT2D eigenvalue weighted by atomic mass is 14.1. The Kier molecular flexibility index (Phi) is 1.39. The Bertz CT molecular complexity index is 319. The molecule has 0 aromatic heterocycles. The van der Waals surface area contributed by atoms with Crippen LogP contribution in [-0.2, 0) is 6.42 Å². The lowest BCUT2D eigenvalue weighted by Gasteiger charge is -1.98. The maximum atomic E-state index is 3.72. The van der Waals surface area contributed by atoms with Crippen LogP contribution in [0.1, 0.15) is 16.7 Å². The van der Waals surface area contributed by atoms with Gasteiger partial charge in [0.1, 0.15) is 0 Å². The van der Waals surface area contributed by atoms with Crippen molar-refractivity contribution in [1.82, 2.24) is 0 Å². The van der Waals surface area contributed by atoms with Crippen LogP contribution in [0, 0.1) is 6.08 Å². The standard InChI is InChI=1S/C11H9/c1-2-9-6-7-10-4-3-5-11(10)8-9/h2-3,6-8H,1,4H2. The Morgan fingerprint density at radius 1 is 1.45 bits per heavy atom. The lowest BCUT2D eigenvalue weighted by Crippen LogP contribution is -1.81. The summed E-state index contributed by atoms with van der Waals surface area (Å²) >= 11 is 0. The van der Waals surface area contributed by atoms with Crippen LogP contribution in [0.25, 0.3) is 6.08 Å². The van der Waals surface area contributed by atoms with Crippen LogP contribution in [-0.4, -0.2) is 0 Å². The molecule has 0 aliphatic heterocycles. The molecule has 0 bridgehead atoms. The molecule has 1 aromatic carbocycles. The normalized spacial score (nSPS) is 13.1. The highest BCUT2D eigenvalue weighted by molar-refractivity contribution is 5.52. The second-order valence-electron chi connectivity index (χ2n) is 2.67. The molecule has 0 N–H and O–H groups in total. The fourth-order valence-corrected chi connectivity index (χ4v) is 1.30. The van der Waals surface area contributed by atoms with E-state index >= 15 is 0 Å². The maximum Gasteiger partial charge on any atom is -0.00818 e. The van der Waals surface area contributed by atoms with Gasteiger partial charge in [0.2, 0.25) is 0 Å². The molecule has 2 rings (SSSR count). The van der Waals surface area contributed by atoms with Gasteiger partial charge in [0, 0.05) is 0 Å². The third-order valence-electron chi connectivity index (χ3n) is 1.95. The van der Waals surface area contributed by atoms with E-state index in [0.29, 0.717) is 0 Å². The fourth-order valence-electron chi connectivity index (χ4n) is 1.30. The van der Waals surface area contributed by atoms with Crippen molar-refractivity contribution in [2.45, 2.75) is 6.42 Å². The minimum atomic E-state index is 1.03. The van der Waals surface area contributed by atoms with Gasteiger partial charge in [-0.15, -0.1) is 0 Å². The van der Waals surface area contributed by atoms with Crippen LogP contribution < -0.4 is 0 Å². The van der Waals surface area contributed by atoms with E-state index in [4.69, 9.17) is 0 Å². The summed E-state index contributed by atoms with van der Waals surface area (Å²) < 4.78 is 0. The van der Waals surface area contributed by atoms with Crippen LogP contribution in [0.15, 0.2) is 30.9 Å². The smallest absolute Gasteiger partial charge is 0.00818 e. The largest absolute Gasteiger partial charge is 0.0985 e. The number of benzene rings is 1. The van der Waals surface area contributed by atoms with Gasteiger partial charge in [-0.25, -0.2) is 0 Å². The number of hydrogen-bond donors (Lipinski definition) is 0. The average molecular weight is 141 g/mol. The minimum absolute atomic E-state index is 1.03. The first-order chi connectivity index (χ1) is 5.40. The third kappa shape index (κ3) is 1.01. The zero-order valence-electron chi connectivity index (χ0n) is 6.30. The summed E-state index contributed by atoms with van der Waals surface area (Å²) in [5.41, 5.74) is 3.77. The van der Waals surface area contributed by atoms with Crippen molar-refractivity contribution in [2.24, 2.45) is 0 Å². The van der Waals surface area contributed by atoms with Crippen LogP contribution in [0.4, 0.5) is 0 Å². The molecule has 0 spiro atoms. The molecule has 11 heavy (non-hydrogen) atoms. The van der Waals surface area contributed by atoms with E-state index in [1.54, 1.807) is 0 Å². The van der Waals surface area contributed by atoms with Crippen molar-refractivity contribution in [3.8, 4) is 0 Å². The van der Waals surface area contributed by atoms with E-state index < -0.39 is 0 Å². The zero-order chi connectivity index (χ0) is 7.68.